The lowest BCUT2D eigenvalue weighted by Gasteiger charge is -2.11. The number of alkyl halides is 3. The average molecular weight is 432 g/mol. The van der Waals surface area contributed by atoms with Crippen molar-refractivity contribution >= 4 is 40.2 Å². The highest BCUT2D eigenvalue weighted by molar-refractivity contribution is 6.00. The first-order valence-corrected chi connectivity index (χ1v) is 9.22. The molecule has 11 heteroatoms. The molecule has 0 fully saturated rings. The van der Waals surface area contributed by atoms with Crippen LogP contribution in [0.3, 0.4) is 0 Å². The SMILES string of the molecule is Cc1cc(NCCNC(=O)C(F)(F)F)nc(NC(=O)Nc2ccc3ccccc3c2)n1. The fourth-order valence-corrected chi connectivity index (χ4v) is 2.71. The zero-order chi connectivity index (χ0) is 22.4. The predicted molar refractivity (Wildman–Crippen MR) is 111 cm³/mol. The second kappa shape index (κ2) is 9.28. The monoisotopic (exact) mass is 432 g/mol. The van der Waals surface area contributed by atoms with Crippen LogP contribution in [0.5, 0.6) is 0 Å². The molecule has 3 aromatic rings. The summed E-state index contributed by atoms with van der Waals surface area (Å²) >= 11 is 0. The Bertz CT molecular complexity index is 1100. The van der Waals surface area contributed by atoms with E-state index in [9.17, 15) is 22.8 Å². The summed E-state index contributed by atoms with van der Waals surface area (Å²) in [6.07, 6.45) is -4.93. The standard InChI is InChI=1S/C20H19F3N6O2/c1-12-10-16(24-8-9-25-17(30)20(21,22)23)28-18(26-12)29-19(31)27-15-7-6-13-4-2-3-5-14(13)11-15/h2-7,10-11H,8-9H2,1H3,(H,25,30)(H3,24,26,27,28,29,31). The topological polar surface area (TPSA) is 108 Å². The number of benzene rings is 2. The van der Waals surface area contributed by atoms with Gasteiger partial charge in [0.05, 0.1) is 0 Å². The van der Waals surface area contributed by atoms with Gasteiger partial charge in [-0.15, -0.1) is 0 Å². The fraction of sp³-hybridized carbons (Fsp3) is 0.200. The van der Waals surface area contributed by atoms with E-state index in [-0.39, 0.29) is 24.9 Å². The summed E-state index contributed by atoms with van der Waals surface area (Å²) in [5, 5.41) is 11.7. The van der Waals surface area contributed by atoms with Crippen LogP contribution in [-0.2, 0) is 4.79 Å². The molecule has 0 radical (unpaired) electrons. The van der Waals surface area contributed by atoms with Crippen molar-refractivity contribution in [3.8, 4) is 0 Å². The van der Waals surface area contributed by atoms with E-state index < -0.39 is 18.1 Å². The highest BCUT2D eigenvalue weighted by Gasteiger charge is 2.38. The van der Waals surface area contributed by atoms with Crippen molar-refractivity contribution in [1.29, 1.82) is 0 Å². The van der Waals surface area contributed by atoms with Gasteiger partial charge in [-0.3, -0.25) is 10.1 Å². The minimum Gasteiger partial charge on any atom is -0.368 e. The van der Waals surface area contributed by atoms with Crippen LogP contribution in [0.25, 0.3) is 10.8 Å². The van der Waals surface area contributed by atoms with E-state index in [0.717, 1.165) is 10.8 Å². The lowest BCUT2D eigenvalue weighted by atomic mass is 10.1. The number of aryl methyl sites for hydroxylation is 1. The molecule has 1 aromatic heterocycles. The summed E-state index contributed by atoms with van der Waals surface area (Å²) in [5.74, 6) is -1.71. The Morgan fingerprint density at radius 3 is 2.42 bits per heavy atom. The van der Waals surface area contributed by atoms with Crippen LogP contribution in [0.15, 0.2) is 48.5 Å². The van der Waals surface area contributed by atoms with E-state index in [1.807, 2.05) is 36.4 Å². The average Bonchev–Trinajstić information content (AvgIpc) is 2.69. The quantitative estimate of drug-likeness (QED) is 0.445. The molecular formula is C20H19F3N6O2. The first kappa shape index (κ1) is 21.8. The van der Waals surface area contributed by atoms with Crippen LogP contribution in [0.4, 0.5) is 35.4 Å². The molecule has 0 saturated carbocycles. The number of hydrogen-bond donors (Lipinski definition) is 4. The Kier molecular flexibility index (Phi) is 6.53. The third kappa shape index (κ3) is 6.29. The fourth-order valence-electron chi connectivity index (χ4n) is 2.71. The molecule has 31 heavy (non-hydrogen) atoms. The van der Waals surface area contributed by atoms with Gasteiger partial charge >= 0.3 is 18.1 Å². The summed E-state index contributed by atoms with van der Waals surface area (Å²) < 4.78 is 36.5. The van der Waals surface area contributed by atoms with E-state index in [1.165, 1.54) is 0 Å². The van der Waals surface area contributed by atoms with Crippen molar-refractivity contribution in [3.05, 3.63) is 54.2 Å². The van der Waals surface area contributed by atoms with Crippen LogP contribution in [-0.4, -0.2) is 41.2 Å². The number of rotatable bonds is 6. The lowest BCUT2D eigenvalue weighted by Crippen LogP contribution is -2.39. The van der Waals surface area contributed by atoms with E-state index in [4.69, 9.17) is 0 Å². The highest BCUT2D eigenvalue weighted by Crippen LogP contribution is 2.19. The summed E-state index contributed by atoms with van der Waals surface area (Å²) in [6, 6.07) is 14.2. The largest absolute Gasteiger partial charge is 0.471 e. The van der Waals surface area contributed by atoms with E-state index >= 15 is 0 Å². The van der Waals surface area contributed by atoms with Crippen LogP contribution in [0, 0.1) is 6.92 Å². The molecule has 0 unspecified atom stereocenters. The first-order valence-electron chi connectivity index (χ1n) is 9.22. The number of fused-ring (bicyclic) bond motifs is 1. The summed E-state index contributed by atoms with van der Waals surface area (Å²) in [5.41, 5.74) is 1.11. The van der Waals surface area contributed by atoms with Gasteiger partial charge in [0.1, 0.15) is 5.82 Å². The van der Waals surface area contributed by atoms with E-state index in [2.05, 4.69) is 25.9 Å². The number of anilines is 3. The smallest absolute Gasteiger partial charge is 0.368 e. The molecule has 1 heterocycles. The number of carbonyl (C=O) groups is 2. The summed E-state index contributed by atoms with van der Waals surface area (Å²) in [7, 11) is 0. The number of amides is 3. The maximum Gasteiger partial charge on any atom is 0.471 e. The number of carbonyl (C=O) groups excluding carboxylic acids is 2. The number of aromatic nitrogens is 2. The zero-order valence-corrected chi connectivity index (χ0v) is 16.4. The minimum atomic E-state index is -4.93. The maximum atomic E-state index is 12.3. The molecule has 0 aliphatic heterocycles. The third-order valence-electron chi connectivity index (χ3n) is 4.06. The molecule has 4 N–H and O–H groups in total. The Hall–Kier alpha value is -3.89. The first-order chi connectivity index (χ1) is 14.7. The van der Waals surface area contributed by atoms with Gasteiger partial charge in [-0.05, 0) is 29.8 Å². The number of halogens is 3. The van der Waals surface area contributed by atoms with Crippen molar-refractivity contribution < 1.29 is 22.8 Å². The number of nitrogens with zero attached hydrogens (tertiary/aromatic N) is 2. The van der Waals surface area contributed by atoms with Gasteiger partial charge in [0.15, 0.2) is 0 Å². The molecule has 0 spiro atoms. The predicted octanol–water partition coefficient (Wildman–Crippen LogP) is 3.67. The molecule has 0 atom stereocenters. The summed E-state index contributed by atoms with van der Waals surface area (Å²) in [6.45, 7) is 1.41. The number of urea groups is 1. The van der Waals surface area contributed by atoms with Crippen molar-refractivity contribution in [2.45, 2.75) is 13.1 Å². The second-order valence-electron chi connectivity index (χ2n) is 6.54. The molecule has 0 saturated heterocycles. The molecule has 162 valence electrons. The Labute approximate surface area is 175 Å². The van der Waals surface area contributed by atoms with Crippen molar-refractivity contribution in [1.82, 2.24) is 15.3 Å². The maximum absolute atomic E-state index is 12.3. The van der Waals surface area contributed by atoms with Gasteiger partial charge in [-0.1, -0.05) is 30.3 Å². The van der Waals surface area contributed by atoms with Gasteiger partial charge in [0.25, 0.3) is 0 Å². The molecule has 3 rings (SSSR count). The van der Waals surface area contributed by atoms with Crippen molar-refractivity contribution in [2.24, 2.45) is 0 Å². The van der Waals surface area contributed by atoms with Crippen molar-refractivity contribution in [2.75, 3.05) is 29.0 Å². The van der Waals surface area contributed by atoms with Crippen LogP contribution < -0.4 is 21.3 Å². The van der Waals surface area contributed by atoms with Crippen LogP contribution in [0.1, 0.15) is 5.69 Å². The van der Waals surface area contributed by atoms with Gasteiger partial charge < -0.3 is 16.0 Å². The van der Waals surface area contributed by atoms with Gasteiger partial charge in [0, 0.05) is 30.5 Å². The van der Waals surface area contributed by atoms with Crippen LogP contribution >= 0.6 is 0 Å². The van der Waals surface area contributed by atoms with E-state index in [0.29, 0.717) is 11.4 Å². The Balaban J connectivity index is 1.56. The number of nitrogens with one attached hydrogen (secondary N) is 4. The molecule has 8 nitrogen and oxygen atoms in total. The molecule has 0 aliphatic carbocycles. The molecule has 0 bridgehead atoms. The second-order valence-corrected chi connectivity index (χ2v) is 6.54. The Morgan fingerprint density at radius 1 is 0.935 bits per heavy atom. The van der Waals surface area contributed by atoms with Gasteiger partial charge in [0.2, 0.25) is 5.95 Å². The van der Waals surface area contributed by atoms with Gasteiger partial charge in [-0.25, -0.2) is 9.78 Å². The van der Waals surface area contributed by atoms with Crippen molar-refractivity contribution in [3.63, 3.8) is 0 Å². The van der Waals surface area contributed by atoms with Gasteiger partial charge in [-0.2, -0.15) is 18.2 Å². The van der Waals surface area contributed by atoms with Crippen LogP contribution in [0.2, 0.25) is 0 Å². The Morgan fingerprint density at radius 2 is 1.68 bits per heavy atom. The molecule has 3 amide bonds. The molecule has 2 aromatic carbocycles. The lowest BCUT2D eigenvalue weighted by molar-refractivity contribution is -0.173. The molecular weight excluding hydrogens is 413 g/mol. The van der Waals surface area contributed by atoms with E-state index in [1.54, 1.807) is 24.4 Å². The summed E-state index contributed by atoms with van der Waals surface area (Å²) in [4.78, 5) is 31.3. The number of hydrogen-bond acceptors (Lipinski definition) is 5. The minimum absolute atomic E-state index is 0.000991. The highest BCUT2D eigenvalue weighted by atomic mass is 19.4. The molecule has 0 aliphatic rings. The zero-order valence-electron chi connectivity index (χ0n) is 16.4. The normalized spacial score (nSPS) is 11.1. The third-order valence-corrected chi connectivity index (χ3v) is 4.06.